The zero-order valence-electron chi connectivity index (χ0n) is 5.68. The monoisotopic (exact) mass is 130 g/mol. The average Bonchev–Trinajstić information content (AvgIpc) is 2.12. The van der Waals surface area contributed by atoms with Crippen LogP contribution >= 0.6 is 11.8 Å². The molecule has 0 bridgehead atoms. The minimum absolute atomic E-state index is 0.921. The molecule has 0 amide bonds. The maximum absolute atomic E-state index is 2.33. The SMILES string of the molecule is CC(C)C1CCSC1. The second-order valence-corrected chi connectivity index (χ2v) is 4.02. The molecule has 1 heteroatoms. The predicted molar refractivity (Wildman–Crippen MR) is 40.3 cm³/mol. The highest BCUT2D eigenvalue weighted by molar-refractivity contribution is 7.99. The molecule has 0 aliphatic carbocycles. The molecule has 8 heavy (non-hydrogen) atoms. The molecular formula is C7H14S. The molecule has 0 saturated carbocycles. The van der Waals surface area contributed by atoms with Gasteiger partial charge in [-0.3, -0.25) is 0 Å². The Morgan fingerprint density at radius 3 is 2.50 bits per heavy atom. The lowest BCUT2D eigenvalue weighted by atomic mass is 9.96. The highest BCUT2D eigenvalue weighted by Crippen LogP contribution is 2.28. The van der Waals surface area contributed by atoms with E-state index in [4.69, 9.17) is 0 Å². The van der Waals surface area contributed by atoms with Crippen molar-refractivity contribution in [1.29, 1.82) is 0 Å². The molecule has 0 aromatic carbocycles. The van der Waals surface area contributed by atoms with E-state index in [0.29, 0.717) is 0 Å². The summed E-state index contributed by atoms with van der Waals surface area (Å²) in [4.78, 5) is 0. The molecule has 1 heterocycles. The molecule has 0 N–H and O–H groups in total. The van der Waals surface area contributed by atoms with Crippen LogP contribution in [0.4, 0.5) is 0 Å². The van der Waals surface area contributed by atoms with Crippen molar-refractivity contribution >= 4 is 11.8 Å². The number of thioether (sulfide) groups is 1. The molecule has 0 aromatic heterocycles. The smallest absolute Gasteiger partial charge is 0.00364 e. The Labute approximate surface area is 56.0 Å². The topological polar surface area (TPSA) is 0 Å². The normalized spacial score (nSPS) is 29.6. The molecule has 0 nitrogen and oxygen atoms in total. The molecule has 0 radical (unpaired) electrons. The van der Waals surface area contributed by atoms with Crippen molar-refractivity contribution in [2.45, 2.75) is 20.3 Å². The highest BCUT2D eigenvalue weighted by atomic mass is 32.2. The fourth-order valence-electron chi connectivity index (χ4n) is 1.08. The van der Waals surface area contributed by atoms with Crippen molar-refractivity contribution in [3.8, 4) is 0 Å². The van der Waals surface area contributed by atoms with Gasteiger partial charge in [0.2, 0.25) is 0 Å². The third-order valence-corrected chi connectivity index (χ3v) is 3.10. The van der Waals surface area contributed by atoms with E-state index in [1.165, 1.54) is 17.9 Å². The molecule has 1 unspecified atom stereocenters. The van der Waals surface area contributed by atoms with Crippen molar-refractivity contribution in [3.05, 3.63) is 0 Å². The Morgan fingerprint density at radius 2 is 2.25 bits per heavy atom. The molecular weight excluding hydrogens is 116 g/mol. The van der Waals surface area contributed by atoms with E-state index in [2.05, 4.69) is 25.6 Å². The van der Waals surface area contributed by atoms with E-state index in [9.17, 15) is 0 Å². The van der Waals surface area contributed by atoms with Crippen molar-refractivity contribution in [2.75, 3.05) is 11.5 Å². The molecule has 1 aliphatic rings. The second kappa shape index (κ2) is 2.77. The quantitative estimate of drug-likeness (QED) is 0.525. The number of hydrogen-bond acceptors (Lipinski definition) is 1. The van der Waals surface area contributed by atoms with E-state index in [0.717, 1.165) is 11.8 Å². The van der Waals surface area contributed by atoms with Gasteiger partial charge in [0, 0.05) is 0 Å². The van der Waals surface area contributed by atoms with Crippen LogP contribution in [0, 0.1) is 11.8 Å². The maximum Gasteiger partial charge on any atom is -0.00364 e. The third-order valence-electron chi connectivity index (χ3n) is 1.91. The highest BCUT2D eigenvalue weighted by Gasteiger charge is 2.17. The fraction of sp³-hybridized carbons (Fsp3) is 1.00. The number of hydrogen-bond donors (Lipinski definition) is 0. The van der Waals surface area contributed by atoms with Crippen LogP contribution in [-0.2, 0) is 0 Å². The minimum Gasteiger partial charge on any atom is -0.162 e. The van der Waals surface area contributed by atoms with Crippen LogP contribution in [0.1, 0.15) is 20.3 Å². The standard InChI is InChI=1S/C7H14S/c1-6(2)7-3-4-8-5-7/h6-7H,3-5H2,1-2H3. The van der Waals surface area contributed by atoms with E-state index in [1.807, 2.05) is 0 Å². The van der Waals surface area contributed by atoms with Crippen molar-refractivity contribution in [2.24, 2.45) is 11.8 Å². The summed E-state index contributed by atoms with van der Waals surface area (Å²) in [7, 11) is 0. The first-order valence-corrected chi connectivity index (χ1v) is 4.54. The number of rotatable bonds is 1. The third kappa shape index (κ3) is 1.41. The van der Waals surface area contributed by atoms with Gasteiger partial charge in [-0.1, -0.05) is 13.8 Å². The molecule has 1 rings (SSSR count). The predicted octanol–water partition coefficient (Wildman–Crippen LogP) is 2.40. The van der Waals surface area contributed by atoms with E-state index in [-0.39, 0.29) is 0 Å². The molecule has 0 aromatic rings. The van der Waals surface area contributed by atoms with E-state index >= 15 is 0 Å². The summed E-state index contributed by atoms with van der Waals surface area (Å²) in [5.41, 5.74) is 0. The Bertz CT molecular complexity index is 62.8. The molecule has 0 spiro atoms. The van der Waals surface area contributed by atoms with Crippen LogP contribution < -0.4 is 0 Å². The average molecular weight is 130 g/mol. The van der Waals surface area contributed by atoms with Crippen molar-refractivity contribution in [1.82, 2.24) is 0 Å². The lowest BCUT2D eigenvalue weighted by Gasteiger charge is -2.10. The summed E-state index contributed by atoms with van der Waals surface area (Å²) in [5.74, 6) is 4.77. The summed E-state index contributed by atoms with van der Waals surface area (Å²) < 4.78 is 0. The van der Waals surface area contributed by atoms with E-state index < -0.39 is 0 Å². The van der Waals surface area contributed by atoms with Crippen LogP contribution in [0.3, 0.4) is 0 Å². The van der Waals surface area contributed by atoms with Crippen LogP contribution in [0.5, 0.6) is 0 Å². The zero-order valence-corrected chi connectivity index (χ0v) is 6.50. The lowest BCUT2D eigenvalue weighted by molar-refractivity contribution is 0.430. The molecule has 1 saturated heterocycles. The largest absolute Gasteiger partial charge is 0.162 e. The van der Waals surface area contributed by atoms with Gasteiger partial charge < -0.3 is 0 Å². The lowest BCUT2D eigenvalue weighted by Crippen LogP contribution is -2.05. The van der Waals surface area contributed by atoms with Gasteiger partial charge in [0.25, 0.3) is 0 Å². The van der Waals surface area contributed by atoms with Crippen LogP contribution in [-0.4, -0.2) is 11.5 Å². The molecule has 1 aliphatic heterocycles. The second-order valence-electron chi connectivity index (χ2n) is 2.87. The first-order valence-electron chi connectivity index (χ1n) is 3.38. The molecule has 1 fully saturated rings. The molecule has 48 valence electrons. The fourth-order valence-corrected chi connectivity index (χ4v) is 2.57. The van der Waals surface area contributed by atoms with Gasteiger partial charge in [0.05, 0.1) is 0 Å². The molecule has 1 atom stereocenters. The zero-order chi connectivity index (χ0) is 5.98. The van der Waals surface area contributed by atoms with Crippen LogP contribution in [0.25, 0.3) is 0 Å². The minimum atomic E-state index is 0.921. The van der Waals surface area contributed by atoms with E-state index in [1.54, 1.807) is 0 Å². The maximum atomic E-state index is 2.33. The van der Waals surface area contributed by atoms with Crippen molar-refractivity contribution in [3.63, 3.8) is 0 Å². The first-order chi connectivity index (χ1) is 3.80. The first kappa shape index (κ1) is 6.47. The Morgan fingerprint density at radius 1 is 1.50 bits per heavy atom. The summed E-state index contributed by atoms with van der Waals surface area (Å²) in [6.45, 7) is 4.66. The van der Waals surface area contributed by atoms with Gasteiger partial charge in [-0.15, -0.1) is 0 Å². The van der Waals surface area contributed by atoms with Crippen LogP contribution in [0.2, 0.25) is 0 Å². The summed E-state index contributed by atoms with van der Waals surface area (Å²) >= 11 is 2.11. The van der Waals surface area contributed by atoms with Gasteiger partial charge >= 0.3 is 0 Å². The van der Waals surface area contributed by atoms with Gasteiger partial charge in [-0.2, -0.15) is 11.8 Å². The summed E-state index contributed by atoms with van der Waals surface area (Å²) in [6, 6.07) is 0. The summed E-state index contributed by atoms with van der Waals surface area (Å²) in [6.07, 6.45) is 1.46. The van der Waals surface area contributed by atoms with Crippen molar-refractivity contribution < 1.29 is 0 Å². The Hall–Kier alpha value is 0.350. The van der Waals surface area contributed by atoms with Gasteiger partial charge in [-0.05, 0) is 29.8 Å². The van der Waals surface area contributed by atoms with Gasteiger partial charge in [-0.25, -0.2) is 0 Å². The van der Waals surface area contributed by atoms with Gasteiger partial charge in [0.1, 0.15) is 0 Å². The summed E-state index contributed by atoms with van der Waals surface area (Å²) in [5, 5.41) is 0. The Kier molecular flexibility index (Phi) is 2.24. The van der Waals surface area contributed by atoms with Crippen LogP contribution in [0.15, 0.2) is 0 Å². The van der Waals surface area contributed by atoms with Gasteiger partial charge in [0.15, 0.2) is 0 Å². The Balaban J connectivity index is 2.24.